The number of carbonyl (C=O) groups excluding carboxylic acids is 1. The summed E-state index contributed by atoms with van der Waals surface area (Å²) in [4.78, 5) is 22.6. The zero-order chi connectivity index (χ0) is 18.5. The molecule has 138 valence electrons. The fourth-order valence-corrected chi connectivity index (χ4v) is 3.37. The van der Waals surface area contributed by atoms with Crippen molar-refractivity contribution in [1.82, 2.24) is 14.9 Å². The molecule has 6 heteroatoms. The Morgan fingerprint density at radius 2 is 1.81 bits per heavy atom. The van der Waals surface area contributed by atoms with Crippen molar-refractivity contribution >= 4 is 5.91 Å². The fraction of sp³-hybridized carbons (Fsp3) is 0.450. The molecule has 1 aromatic carbocycles. The number of hydrogen-bond donors (Lipinski definition) is 1. The Hall–Kier alpha value is -2.47. The van der Waals surface area contributed by atoms with Crippen molar-refractivity contribution in [3.05, 3.63) is 54.1 Å². The first kappa shape index (κ1) is 18.3. The molecule has 0 radical (unpaired) electrons. The molecule has 3 rings (SSSR count). The van der Waals surface area contributed by atoms with Crippen molar-refractivity contribution in [2.45, 2.75) is 50.9 Å². The van der Waals surface area contributed by atoms with Crippen molar-refractivity contribution in [3.8, 4) is 5.75 Å². The predicted octanol–water partition coefficient (Wildman–Crippen LogP) is 2.61. The number of likely N-dealkylation sites (N-methyl/N-ethyl adjacent to an activating group) is 1. The molecule has 6 nitrogen and oxygen atoms in total. The van der Waals surface area contributed by atoms with Gasteiger partial charge < -0.3 is 14.7 Å². The summed E-state index contributed by atoms with van der Waals surface area (Å²) in [6, 6.07) is 9.19. The largest absolute Gasteiger partial charge is 0.488 e. The number of aliphatic hydroxyl groups is 1. The van der Waals surface area contributed by atoms with Gasteiger partial charge in [-0.2, -0.15) is 0 Å². The topological polar surface area (TPSA) is 75.6 Å². The molecule has 0 unspecified atom stereocenters. The first-order chi connectivity index (χ1) is 12.6. The van der Waals surface area contributed by atoms with E-state index in [1.807, 2.05) is 30.3 Å². The van der Waals surface area contributed by atoms with Gasteiger partial charge in [0.1, 0.15) is 23.8 Å². The molecule has 1 saturated carbocycles. The molecular formula is C20H25N3O3. The van der Waals surface area contributed by atoms with Crippen LogP contribution in [-0.2, 0) is 0 Å². The third-order valence-electron chi connectivity index (χ3n) is 4.89. The van der Waals surface area contributed by atoms with Crippen molar-refractivity contribution in [1.29, 1.82) is 0 Å². The second-order valence-corrected chi connectivity index (χ2v) is 6.75. The van der Waals surface area contributed by atoms with Crippen molar-refractivity contribution in [3.63, 3.8) is 0 Å². The standard InChI is InChI=1S/C20H25N3O3/c1-14-21-12-15(13-22-14)20(25)23(2)17-10-6-7-11-18(19(17)24)26-16-8-4-3-5-9-16/h3-5,8-9,12-13,17-19,24H,6-7,10-11H2,1-2H3/t17-,18-,19-/m1/s1. The van der Waals surface area contributed by atoms with Gasteiger partial charge in [-0.3, -0.25) is 4.79 Å². The first-order valence-electron chi connectivity index (χ1n) is 9.02. The van der Waals surface area contributed by atoms with Crippen LogP contribution in [0.1, 0.15) is 41.9 Å². The SMILES string of the molecule is Cc1ncc(C(=O)N(C)[C@@H]2CCCC[C@@H](Oc3ccccc3)[C@@H]2O)cn1. The smallest absolute Gasteiger partial charge is 0.257 e. The van der Waals surface area contributed by atoms with E-state index in [1.165, 1.54) is 12.4 Å². The van der Waals surface area contributed by atoms with Crippen molar-refractivity contribution in [2.24, 2.45) is 0 Å². The minimum atomic E-state index is -0.752. The van der Waals surface area contributed by atoms with Gasteiger partial charge in [0, 0.05) is 19.4 Å². The van der Waals surface area contributed by atoms with E-state index in [0.717, 1.165) is 31.4 Å². The Morgan fingerprint density at radius 3 is 2.50 bits per heavy atom. The highest BCUT2D eigenvalue weighted by atomic mass is 16.5. The number of hydrogen-bond acceptors (Lipinski definition) is 5. The highest BCUT2D eigenvalue weighted by Gasteiger charge is 2.36. The van der Waals surface area contributed by atoms with E-state index in [0.29, 0.717) is 11.4 Å². The van der Waals surface area contributed by atoms with E-state index >= 15 is 0 Å². The zero-order valence-electron chi connectivity index (χ0n) is 15.2. The zero-order valence-corrected chi connectivity index (χ0v) is 15.2. The fourth-order valence-electron chi connectivity index (χ4n) is 3.37. The van der Waals surface area contributed by atoms with Crippen molar-refractivity contribution < 1.29 is 14.6 Å². The average molecular weight is 355 g/mol. The lowest BCUT2D eigenvalue weighted by molar-refractivity contribution is -0.0143. The summed E-state index contributed by atoms with van der Waals surface area (Å²) in [7, 11) is 1.72. The van der Waals surface area contributed by atoms with Crippen LogP contribution in [0.3, 0.4) is 0 Å². The van der Waals surface area contributed by atoms with Crippen LogP contribution in [0.5, 0.6) is 5.75 Å². The van der Waals surface area contributed by atoms with Gasteiger partial charge in [0.25, 0.3) is 5.91 Å². The number of aryl methyl sites for hydroxylation is 1. The maximum absolute atomic E-state index is 12.8. The van der Waals surface area contributed by atoms with Crippen LogP contribution in [0.2, 0.25) is 0 Å². The van der Waals surface area contributed by atoms with Gasteiger partial charge in [0.15, 0.2) is 0 Å². The van der Waals surface area contributed by atoms with Crippen LogP contribution in [0.4, 0.5) is 0 Å². The van der Waals surface area contributed by atoms with Crippen LogP contribution in [-0.4, -0.2) is 51.2 Å². The number of carbonyl (C=O) groups is 1. The maximum Gasteiger partial charge on any atom is 0.257 e. The van der Waals surface area contributed by atoms with Crippen LogP contribution in [0.25, 0.3) is 0 Å². The molecule has 2 aromatic rings. The Bertz CT molecular complexity index is 721. The van der Waals surface area contributed by atoms with Crippen LogP contribution in [0, 0.1) is 6.92 Å². The summed E-state index contributed by atoms with van der Waals surface area (Å²) in [5.74, 6) is 1.17. The lowest BCUT2D eigenvalue weighted by Crippen LogP contribution is -2.50. The van der Waals surface area contributed by atoms with Gasteiger partial charge in [-0.25, -0.2) is 9.97 Å². The summed E-state index contributed by atoms with van der Waals surface area (Å²) in [6.07, 6.45) is 5.38. The normalized spacial score (nSPS) is 23.1. The Labute approximate surface area is 153 Å². The molecule has 1 heterocycles. The Morgan fingerprint density at radius 1 is 1.15 bits per heavy atom. The van der Waals surface area contributed by atoms with Crippen molar-refractivity contribution in [2.75, 3.05) is 7.05 Å². The molecule has 0 bridgehead atoms. The monoisotopic (exact) mass is 355 g/mol. The first-order valence-corrected chi connectivity index (χ1v) is 9.02. The molecule has 0 spiro atoms. The molecule has 3 atom stereocenters. The number of para-hydroxylation sites is 1. The second kappa shape index (κ2) is 8.27. The summed E-state index contributed by atoms with van der Waals surface area (Å²) in [5, 5.41) is 10.9. The van der Waals surface area contributed by atoms with E-state index in [4.69, 9.17) is 4.74 Å². The molecule has 26 heavy (non-hydrogen) atoms. The van der Waals surface area contributed by atoms with Gasteiger partial charge in [-0.1, -0.05) is 24.6 Å². The molecular weight excluding hydrogens is 330 g/mol. The van der Waals surface area contributed by atoms with E-state index in [9.17, 15) is 9.90 Å². The van der Waals surface area contributed by atoms with Gasteiger partial charge >= 0.3 is 0 Å². The molecule has 1 amide bonds. The minimum Gasteiger partial charge on any atom is -0.488 e. The predicted molar refractivity (Wildman–Crippen MR) is 98.0 cm³/mol. The van der Waals surface area contributed by atoms with E-state index in [2.05, 4.69) is 9.97 Å². The van der Waals surface area contributed by atoms with Crippen LogP contribution >= 0.6 is 0 Å². The number of ether oxygens (including phenoxy) is 1. The summed E-state index contributed by atoms with van der Waals surface area (Å²) >= 11 is 0. The number of aliphatic hydroxyl groups excluding tert-OH is 1. The number of rotatable bonds is 4. The second-order valence-electron chi connectivity index (χ2n) is 6.75. The minimum absolute atomic E-state index is 0.186. The van der Waals surface area contributed by atoms with E-state index in [1.54, 1.807) is 18.9 Å². The van der Waals surface area contributed by atoms with Gasteiger partial charge in [0.05, 0.1) is 11.6 Å². The van der Waals surface area contributed by atoms with Crippen LogP contribution < -0.4 is 4.74 Å². The van der Waals surface area contributed by atoms with Gasteiger partial charge in [-0.05, 0) is 38.3 Å². The van der Waals surface area contributed by atoms with Gasteiger partial charge in [-0.15, -0.1) is 0 Å². The quantitative estimate of drug-likeness (QED) is 0.853. The Kier molecular flexibility index (Phi) is 5.83. The summed E-state index contributed by atoms with van der Waals surface area (Å²) in [6.45, 7) is 1.78. The molecule has 0 saturated heterocycles. The molecule has 1 aromatic heterocycles. The highest BCUT2D eigenvalue weighted by Crippen LogP contribution is 2.26. The third-order valence-corrected chi connectivity index (χ3v) is 4.89. The van der Waals surface area contributed by atoms with Gasteiger partial charge in [0.2, 0.25) is 0 Å². The average Bonchev–Trinajstić information content (AvgIpc) is 2.84. The lowest BCUT2D eigenvalue weighted by atomic mass is 10.0. The van der Waals surface area contributed by atoms with E-state index in [-0.39, 0.29) is 18.1 Å². The maximum atomic E-state index is 12.8. The number of benzene rings is 1. The Balaban J connectivity index is 1.74. The number of aromatic nitrogens is 2. The molecule has 1 fully saturated rings. The number of nitrogens with zero attached hydrogens (tertiary/aromatic N) is 3. The number of amides is 1. The molecule has 0 aliphatic heterocycles. The highest BCUT2D eigenvalue weighted by molar-refractivity contribution is 5.93. The molecule has 1 N–H and O–H groups in total. The molecule has 1 aliphatic rings. The lowest BCUT2D eigenvalue weighted by Gasteiger charge is -2.34. The van der Waals surface area contributed by atoms with E-state index < -0.39 is 6.10 Å². The summed E-state index contributed by atoms with van der Waals surface area (Å²) in [5.41, 5.74) is 0.426. The third kappa shape index (κ3) is 4.19. The van der Waals surface area contributed by atoms with Crippen LogP contribution in [0.15, 0.2) is 42.7 Å². The molecule has 1 aliphatic carbocycles. The summed E-state index contributed by atoms with van der Waals surface area (Å²) < 4.78 is 6.02.